The lowest BCUT2D eigenvalue weighted by Crippen LogP contribution is -1.83. The van der Waals surface area contributed by atoms with Crippen LogP contribution in [0, 0.1) is 0 Å². The Balaban J connectivity index is 3.07. The van der Waals surface area contributed by atoms with Crippen LogP contribution in [0.3, 0.4) is 0 Å². The molecule has 222 valence electrons. The van der Waals surface area contributed by atoms with Crippen LogP contribution in [-0.2, 0) is 0 Å². The van der Waals surface area contributed by atoms with Gasteiger partial charge in [0.25, 0.3) is 0 Å². The van der Waals surface area contributed by atoms with E-state index in [1.807, 2.05) is 0 Å². The Morgan fingerprint density at radius 2 is 0.378 bits per heavy atom. The van der Waals surface area contributed by atoms with Crippen LogP contribution < -0.4 is 0 Å². The number of allylic oxidation sites excluding steroid dienone is 2. The summed E-state index contributed by atoms with van der Waals surface area (Å²) >= 11 is 0. The lowest BCUT2D eigenvalue weighted by molar-refractivity contribution is 0.530. The Bertz CT molecular complexity index is 395. The molecular weight excluding hydrogens is 444 g/mol. The van der Waals surface area contributed by atoms with Crippen LogP contribution in [0.4, 0.5) is 0 Å². The van der Waals surface area contributed by atoms with E-state index in [1.54, 1.807) is 0 Å². The van der Waals surface area contributed by atoms with E-state index >= 15 is 0 Å². The third-order valence-electron chi connectivity index (χ3n) is 8.37. The maximum absolute atomic E-state index is 2.47. The molecule has 0 aromatic heterocycles. The molecule has 0 aliphatic carbocycles. The van der Waals surface area contributed by atoms with Crippen molar-refractivity contribution in [3.05, 3.63) is 12.2 Å². The first-order chi connectivity index (χ1) is 18.4. The minimum atomic E-state index is 1.32. The second-order valence-electron chi connectivity index (χ2n) is 12.3. The predicted octanol–water partition coefficient (Wildman–Crippen LogP) is 14.5. The molecule has 37 heavy (non-hydrogen) atoms. The summed E-state index contributed by atoms with van der Waals surface area (Å²) in [5.41, 5.74) is 0. The number of hydrogen-bond donors (Lipinski definition) is 0. The van der Waals surface area contributed by atoms with Gasteiger partial charge >= 0.3 is 0 Å². The van der Waals surface area contributed by atoms with Crippen LogP contribution in [0.1, 0.15) is 226 Å². The van der Waals surface area contributed by atoms with Crippen molar-refractivity contribution in [3.8, 4) is 0 Å². The fraction of sp³-hybridized carbons (Fsp3) is 0.946. The van der Waals surface area contributed by atoms with Crippen molar-refractivity contribution in [2.75, 3.05) is 0 Å². The molecule has 0 N–H and O–H groups in total. The molecule has 0 unspecified atom stereocenters. The number of hydrogen-bond acceptors (Lipinski definition) is 0. The maximum Gasteiger partial charge on any atom is -0.0351 e. The molecule has 0 heteroatoms. The zero-order chi connectivity index (χ0) is 26.7. The molecule has 0 aromatic carbocycles. The smallest absolute Gasteiger partial charge is 0.0351 e. The quantitative estimate of drug-likeness (QED) is 0.0598. The fourth-order valence-electron chi connectivity index (χ4n) is 5.68. The standard InChI is InChI=1S/C37H74/c1-3-5-7-9-11-13-15-17-19-21-23-25-27-29-31-33-35-37-36-34-32-30-28-26-24-22-20-18-16-14-12-10-8-6-4-2/h35,37H,3-34,36H2,1-2H3. The zero-order valence-corrected chi connectivity index (χ0v) is 26.5. The highest BCUT2D eigenvalue weighted by Gasteiger charge is 1.96. The van der Waals surface area contributed by atoms with E-state index in [4.69, 9.17) is 0 Å². The molecule has 0 amide bonds. The molecular formula is C37H74. The Kier molecular flexibility index (Phi) is 35.5. The van der Waals surface area contributed by atoms with Gasteiger partial charge in [-0.25, -0.2) is 0 Å². The minimum Gasteiger partial charge on any atom is -0.0885 e. The highest BCUT2D eigenvalue weighted by atomic mass is 14.0. The van der Waals surface area contributed by atoms with E-state index in [0.29, 0.717) is 0 Å². The van der Waals surface area contributed by atoms with Gasteiger partial charge in [0.2, 0.25) is 0 Å². The van der Waals surface area contributed by atoms with Crippen molar-refractivity contribution in [3.63, 3.8) is 0 Å². The number of rotatable bonds is 33. The largest absolute Gasteiger partial charge is 0.0885 e. The first-order valence-corrected chi connectivity index (χ1v) is 18.1. The van der Waals surface area contributed by atoms with Gasteiger partial charge in [-0.3, -0.25) is 0 Å². The van der Waals surface area contributed by atoms with E-state index in [1.165, 1.54) is 212 Å². The monoisotopic (exact) mass is 519 g/mol. The number of unbranched alkanes of at least 4 members (excludes halogenated alkanes) is 31. The van der Waals surface area contributed by atoms with E-state index < -0.39 is 0 Å². The van der Waals surface area contributed by atoms with Crippen molar-refractivity contribution < 1.29 is 0 Å². The first kappa shape index (κ1) is 36.7. The van der Waals surface area contributed by atoms with Crippen molar-refractivity contribution in [1.29, 1.82) is 0 Å². The molecule has 0 saturated heterocycles. The summed E-state index contributed by atoms with van der Waals surface area (Å²) in [4.78, 5) is 0. The van der Waals surface area contributed by atoms with Crippen LogP contribution >= 0.6 is 0 Å². The summed E-state index contributed by atoms with van der Waals surface area (Å²) in [6.07, 6.45) is 52.9. The van der Waals surface area contributed by atoms with Gasteiger partial charge < -0.3 is 0 Å². The van der Waals surface area contributed by atoms with Gasteiger partial charge in [-0.15, -0.1) is 0 Å². The van der Waals surface area contributed by atoms with E-state index in [0.717, 1.165) is 0 Å². The Labute approximate surface area is 237 Å². The summed E-state index contributed by atoms with van der Waals surface area (Å²) in [5, 5.41) is 0. The third kappa shape index (κ3) is 35.7. The predicted molar refractivity (Wildman–Crippen MR) is 173 cm³/mol. The van der Waals surface area contributed by atoms with Gasteiger partial charge in [-0.1, -0.05) is 212 Å². The highest BCUT2D eigenvalue weighted by molar-refractivity contribution is 4.81. The van der Waals surface area contributed by atoms with E-state index in [-0.39, 0.29) is 0 Å². The van der Waals surface area contributed by atoms with E-state index in [2.05, 4.69) is 26.0 Å². The molecule has 0 aliphatic rings. The van der Waals surface area contributed by atoms with Crippen molar-refractivity contribution in [2.24, 2.45) is 0 Å². The minimum absolute atomic E-state index is 1.32. The Hall–Kier alpha value is -0.260. The van der Waals surface area contributed by atoms with Gasteiger partial charge in [-0.05, 0) is 25.7 Å². The second-order valence-corrected chi connectivity index (χ2v) is 12.3. The lowest BCUT2D eigenvalue weighted by atomic mass is 10.0. The van der Waals surface area contributed by atoms with Crippen molar-refractivity contribution >= 4 is 0 Å². The topological polar surface area (TPSA) is 0 Å². The highest BCUT2D eigenvalue weighted by Crippen LogP contribution is 2.15. The molecule has 0 fully saturated rings. The summed E-state index contributed by atoms with van der Waals surface area (Å²) in [5.74, 6) is 0. The lowest BCUT2D eigenvalue weighted by Gasteiger charge is -2.03. The van der Waals surface area contributed by atoms with Gasteiger partial charge in [0.05, 0.1) is 0 Å². The van der Waals surface area contributed by atoms with Crippen LogP contribution in [0.5, 0.6) is 0 Å². The van der Waals surface area contributed by atoms with Gasteiger partial charge in [0, 0.05) is 0 Å². The molecule has 0 aliphatic heterocycles. The van der Waals surface area contributed by atoms with Crippen LogP contribution in [0.2, 0.25) is 0 Å². The molecule has 0 nitrogen and oxygen atoms in total. The van der Waals surface area contributed by atoms with Crippen molar-refractivity contribution in [2.45, 2.75) is 226 Å². The maximum atomic E-state index is 2.47. The normalized spacial score (nSPS) is 11.7. The summed E-state index contributed by atoms with van der Waals surface area (Å²) in [7, 11) is 0. The summed E-state index contributed by atoms with van der Waals surface area (Å²) < 4.78 is 0. The van der Waals surface area contributed by atoms with Gasteiger partial charge in [-0.2, -0.15) is 0 Å². The SMILES string of the molecule is CCCCCCCCCCCCCCCCCC=CCCCCCCCCCCCCCCCCCC. The zero-order valence-electron chi connectivity index (χ0n) is 26.5. The molecule has 0 atom stereocenters. The summed E-state index contributed by atoms with van der Waals surface area (Å²) in [6, 6.07) is 0. The summed E-state index contributed by atoms with van der Waals surface area (Å²) in [6.45, 7) is 4.61. The molecule has 0 bridgehead atoms. The van der Waals surface area contributed by atoms with Crippen LogP contribution in [0.15, 0.2) is 12.2 Å². The third-order valence-corrected chi connectivity index (χ3v) is 8.37. The molecule has 0 rings (SSSR count). The molecule has 0 saturated carbocycles. The van der Waals surface area contributed by atoms with Crippen molar-refractivity contribution in [1.82, 2.24) is 0 Å². The molecule has 0 spiro atoms. The second kappa shape index (κ2) is 35.7. The molecule has 0 heterocycles. The Morgan fingerprint density at radius 1 is 0.216 bits per heavy atom. The first-order valence-electron chi connectivity index (χ1n) is 18.1. The molecule has 0 radical (unpaired) electrons. The van der Waals surface area contributed by atoms with Gasteiger partial charge in [0.1, 0.15) is 0 Å². The van der Waals surface area contributed by atoms with Crippen LogP contribution in [0.25, 0.3) is 0 Å². The molecule has 0 aromatic rings. The average molecular weight is 519 g/mol. The van der Waals surface area contributed by atoms with E-state index in [9.17, 15) is 0 Å². The van der Waals surface area contributed by atoms with Gasteiger partial charge in [0.15, 0.2) is 0 Å². The fourth-order valence-corrected chi connectivity index (χ4v) is 5.68. The average Bonchev–Trinajstić information content (AvgIpc) is 2.91. The van der Waals surface area contributed by atoms with Crippen LogP contribution in [-0.4, -0.2) is 0 Å². The Morgan fingerprint density at radius 3 is 0.568 bits per heavy atom.